The van der Waals surface area contributed by atoms with Crippen LogP contribution in [0, 0.1) is 17.8 Å². The third-order valence-electron chi connectivity index (χ3n) is 8.03. The van der Waals surface area contributed by atoms with Crippen LogP contribution >= 0.6 is 0 Å². The van der Waals surface area contributed by atoms with Crippen LogP contribution < -0.4 is 4.74 Å². The molecule has 5 rings (SSSR count). The standard InChI is InChI=1S/C30H36N2O3/c1-34-21-27-29(26-20-31(18-5-6-19-32(26)27)30(33)25-9-7-10-25)24-16-13-22(14-17-24)12-15-23-8-3-4-11-28(23)35-2/h3-4,8,11,13-14,16-17,25-27,29H,5-7,9-10,18-21H2,1-2H3/t26-,27-,29+/m0/s1. The van der Waals surface area contributed by atoms with Crippen LogP contribution in [0.4, 0.5) is 0 Å². The van der Waals surface area contributed by atoms with Crippen molar-refractivity contribution in [2.45, 2.75) is 50.1 Å². The van der Waals surface area contributed by atoms with E-state index < -0.39 is 0 Å². The summed E-state index contributed by atoms with van der Waals surface area (Å²) >= 11 is 0. The molecule has 1 saturated carbocycles. The van der Waals surface area contributed by atoms with E-state index in [9.17, 15) is 4.79 Å². The second-order valence-corrected chi connectivity index (χ2v) is 10.0. The number of para-hydroxylation sites is 1. The maximum absolute atomic E-state index is 13.1. The number of hydrogen-bond donors (Lipinski definition) is 0. The number of hydrogen-bond acceptors (Lipinski definition) is 4. The lowest BCUT2D eigenvalue weighted by atomic mass is 9.74. The molecule has 3 atom stereocenters. The lowest BCUT2D eigenvalue weighted by molar-refractivity contribution is -0.143. The number of benzene rings is 2. The molecule has 5 nitrogen and oxygen atoms in total. The van der Waals surface area contributed by atoms with Gasteiger partial charge in [0.05, 0.1) is 19.3 Å². The van der Waals surface area contributed by atoms with Crippen molar-refractivity contribution in [3.63, 3.8) is 0 Å². The Bertz CT molecular complexity index is 1080. The van der Waals surface area contributed by atoms with Crippen molar-refractivity contribution in [1.29, 1.82) is 0 Å². The zero-order valence-electron chi connectivity index (χ0n) is 20.9. The van der Waals surface area contributed by atoms with Gasteiger partial charge in [0.1, 0.15) is 5.75 Å². The number of amides is 1. The number of carbonyl (C=O) groups excluding carboxylic acids is 1. The lowest BCUT2D eigenvalue weighted by Crippen LogP contribution is -2.68. The van der Waals surface area contributed by atoms with Gasteiger partial charge in [-0.1, -0.05) is 42.5 Å². The Hall–Kier alpha value is -2.81. The summed E-state index contributed by atoms with van der Waals surface area (Å²) in [6, 6.07) is 17.2. The first-order valence-electron chi connectivity index (χ1n) is 13.0. The first-order valence-corrected chi connectivity index (χ1v) is 13.0. The Morgan fingerprint density at radius 2 is 1.74 bits per heavy atom. The second kappa shape index (κ2) is 10.8. The molecule has 0 spiro atoms. The number of rotatable bonds is 5. The molecule has 2 aliphatic heterocycles. The Labute approximate surface area is 209 Å². The van der Waals surface area contributed by atoms with E-state index in [0.717, 1.165) is 62.2 Å². The molecule has 0 unspecified atom stereocenters. The van der Waals surface area contributed by atoms with Gasteiger partial charge in [-0.25, -0.2) is 0 Å². The van der Waals surface area contributed by atoms with Gasteiger partial charge in [-0.2, -0.15) is 0 Å². The normalized spacial score (nSPS) is 24.6. The maximum Gasteiger partial charge on any atom is 0.225 e. The monoisotopic (exact) mass is 472 g/mol. The zero-order valence-corrected chi connectivity index (χ0v) is 20.9. The predicted octanol–water partition coefficient (Wildman–Crippen LogP) is 4.30. The van der Waals surface area contributed by atoms with Gasteiger partial charge in [0, 0.05) is 49.7 Å². The molecular weight excluding hydrogens is 436 g/mol. The summed E-state index contributed by atoms with van der Waals surface area (Å²) in [7, 11) is 3.46. The number of ether oxygens (including phenoxy) is 2. The van der Waals surface area contributed by atoms with Crippen molar-refractivity contribution in [3.05, 3.63) is 65.2 Å². The SMILES string of the molecule is COC[C@H]1[C@H](c2ccc(C#Cc3ccccc3OC)cc2)[C@@H]2CN(C(=O)C3CCC3)CCCCN12. The molecule has 3 fully saturated rings. The quantitative estimate of drug-likeness (QED) is 0.609. The van der Waals surface area contributed by atoms with Crippen LogP contribution in [0.1, 0.15) is 54.7 Å². The number of fused-ring (bicyclic) bond motifs is 1. The Balaban J connectivity index is 1.35. The molecule has 2 aromatic carbocycles. The van der Waals surface area contributed by atoms with Gasteiger partial charge >= 0.3 is 0 Å². The fourth-order valence-corrected chi connectivity index (χ4v) is 5.88. The summed E-state index contributed by atoms with van der Waals surface area (Å²) < 4.78 is 11.0. The van der Waals surface area contributed by atoms with E-state index in [2.05, 4.69) is 45.9 Å². The molecule has 1 amide bonds. The number of methoxy groups -OCH3 is 2. The van der Waals surface area contributed by atoms with Crippen molar-refractivity contribution < 1.29 is 14.3 Å². The van der Waals surface area contributed by atoms with Crippen LogP contribution in [0.25, 0.3) is 0 Å². The highest BCUT2D eigenvalue weighted by Gasteiger charge is 2.50. The summed E-state index contributed by atoms with van der Waals surface area (Å²) in [5.74, 6) is 8.31. The predicted molar refractivity (Wildman–Crippen MR) is 137 cm³/mol. The Morgan fingerprint density at radius 3 is 2.46 bits per heavy atom. The summed E-state index contributed by atoms with van der Waals surface area (Å²) in [4.78, 5) is 17.9. The molecule has 35 heavy (non-hydrogen) atoms. The topological polar surface area (TPSA) is 42.0 Å². The molecular formula is C30H36N2O3. The molecule has 0 N–H and O–H groups in total. The molecule has 1 aliphatic carbocycles. The summed E-state index contributed by atoms with van der Waals surface area (Å²) in [6.45, 7) is 3.53. The van der Waals surface area contributed by atoms with E-state index in [1.165, 1.54) is 12.0 Å². The van der Waals surface area contributed by atoms with Crippen LogP contribution in [-0.2, 0) is 9.53 Å². The van der Waals surface area contributed by atoms with Crippen LogP contribution in [0.15, 0.2) is 48.5 Å². The molecule has 5 heteroatoms. The highest BCUT2D eigenvalue weighted by molar-refractivity contribution is 5.79. The Kier molecular flexibility index (Phi) is 7.41. The second-order valence-electron chi connectivity index (χ2n) is 10.0. The van der Waals surface area contributed by atoms with Crippen molar-refractivity contribution in [3.8, 4) is 17.6 Å². The van der Waals surface area contributed by atoms with Gasteiger partial charge in [0.25, 0.3) is 0 Å². The van der Waals surface area contributed by atoms with Gasteiger partial charge in [-0.05, 0) is 62.1 Å². The number of carbonyl (C=O) groups is 1. The molecule has 184 valence electrons. The van der Waals surface area contributed by atoms with Crippen molar-refractivity contribution >= 4 is 5.91 Å². The first-order chi connectivity index (χ1) is 17.2. The highest BCUT2D eigenvalue weighted by atomic mass is 16.5. The van der Waals surface area contributed by atoms with Crippen LogP contribution in [0.5, 0.6) is 5.75 Å². The maximum atomic E-state index is 13.1. The third-order valence-corrected chi connectivity index (χ3v) is 8.03. The van der Waals surface area contributed by atoms with Crippen LogP contribution in [0.3, 0.4) is 0 Å². The van der Waals surface area contributed by atoms with Crippen molar-refractivity contribution in [2.24, 2.45) is 5.92 Å². The largest absolute Gasteiger partial charge is 0.495 e. The lowest BCUT2D eigenvalue weighted by Gasteiger charge is -2.57. The molecule has 2 saturated heterocycles. The van der Waals surface area contributed by atoms with E-state index in [1.807, 2.05) is 24.3 Å². The Morgan fingerprint density at radius 1 is 0.971 bits per heavy atom. The fraction of sp³-hybridized carbons (Fsp3) is 0.500. The minimum atomic E-state index is 0.261. The average Bonchev–Trinajstić information content (AvgIpc) is 2.83. The average molecular weight is 473 g/mol. The minimum absolute atomic E-state index is 0.261. The smallest absolute Gasteiger partial charge is 0.225 e. The molecule has 3 aliphatic rings. The highest BCUT2D eigenvalue weighted by Crippen LogP contribution is 2.42. The van der Waals surface area contributed by atoms with E-state index in [-0.39, 0.29) is 5.92 Å². The summed E-state index contributed by atoms with van der Waals surface area (Å²) in [5.41, 5.74) is 3.19. The fourth-order valence-electron chi connectivity index (χ4n) is 5.88. The van der Waals surface area contributed by atoms with E-state index in [4.69, 9.17) is 9.47 Å². The zero-order chi connectivity index (χ0) is 24.2. The molecule has 2 aromatic rings. The molecule has 0 bridgehead atoms. The summed E-state index contributed by atoms with van der Waals surface area (Å²) in [5, 5.41) is 0. The molecule has 2 heterocycles. The minimum Gasteiger partial charge on any atom is -0.495 e. The van der Waals surface area contributed by atoms with Gasteiger partial charge < -0.3 is 14.4 Å². The summed E-state index contributed by atoms with van der Waals surface area (Å²) in [6.07, 6.45) is 5.55. The number of nitrogens with zero attached hydrogens (tertiary/aromatic N) is 2. The van der Waals surface area contributed by atoms with Crippen LogP contribution in [-0.4, -0.2) is 68.3 Å². The third kappa shape index (κ3) is 4.96. The van der Waals surface area contributed by atoms with Gasteiger partial charge in [0.15, 0.2) is 0 Å². The van der Waals surface area contributed by atoms with E-state index >= 15 is 0 Å². The van der Waals surface area contributed by atoms with E-state index in [0.29, 0.717) is 30.5 Å². The van der Waals surface area contributed by atoms with Gasteiger partial charge in [-0.15, -0.1) is 0 Å². The first kappa shape index (κ1) is 23.9. The van der Waals surface area contributed by atoms with Crippen LogP contribution in [0.2, 0.25) is 0 Å². The van der Waals surface area contributed by atoms with E-state index in [1.54, 1.807) is 14.2 Å². The van der Waals surface area contributed by atoms with Crippen molar-refractivity contribution in [2.75, 3.05) is 40.5 Å². The van der Waals surface area contributed by atoms with Gasteiger partial charge in [0.2, 0.25) is 5.91 Å². The van der Waals surface area contributed by atoms with Crippen molar-refractivity contribution in [1.82, 2.24) is 9.80 Å². The van der Waals surface area contributed by atoms with Gasteiger partial charge in [-0.3, -0.25) is 9.69 Å². The molecule has 0 aromatic heterocycles. The molecule has 0 radical (unpaired) electrons.